The van der Waals surface area contributed by atoms with E-state index in [1.807, 2.05) is 6.07 Å². The highest BCUT2D eigenvalue weighted by Crippen LogP contribution is 2.33. The van der Waals surface area contributed by atoms with E-state index in [4.69, 9.17) is 4.74 Å². The van der Waals surface area contributed by atoms with Crippen molar-refractivity contribution in [1.29, 1.82) is 0 Å². The molecule has 0 unspecified atom stereocenters. The molecule has 0 radical (unpaired) electrons. The lowest BCUT2D eigenvalue weighted by Gasteiger charge is -2.19. The first kappa shape index (κ1) is 19.8. The molecule has 7 nitrogen and oxygen atoms in total. The standard InChI is InChI=1S/C19H27N3O4/c1-14(23)20-11-5-3-4-7-18(24)21-15-9-10-16(17(13-15)26-2)22-12-6-8-19(22)25/h9-10,13H,3-8,11-12H2,1-2H3,(H,20,23)(H,21,24). The zero-order valence-electron chi connectivity index (χ0n) is 15.5. The van der Waals surface area contributed by atoms with Gasteiger partial charge >= 0.3 is 0 Å². The summed E-state index contributed by atoms with van der Waals surface area (Å²) in [6, 6.07) is 5.35. The van der Waals surface area contributed by atoms with Gasteiger partial charge in [-0.15, -0.1) is 0 Å². The van der Waals surface area contributed by atoms with Crippen LogP contribution in [0, 0.1) is 0 Å². The number of carbonyl (C=O) groups is 3. The summed E-state index contributed by atoms with van der Waals surface area (Å²) >= 11 is 0. The molecule has 1 aromatic carbocycles. The van der Waals surface area contributed by atoms with Crippen molar-refractivity contribution in [2.75, 3.05) is 30.4 Å². The van der Waals surface area contributed by atoms with Gasteiger partial charge in [0.05, 0.1) is 12.8 Å². The first-order valence-electron chi connectivity index (χ1n) is 9.04. The molecule has 1 saturated heterocycles. The van der Waals surface area contributed by atoms with Crippen LogP contribution in [0.1, 0.15) is 45.4 Å². The number of rotatable bonds is 9. The first-order chi connectivity index (χ1) is 12.5. The van der Waals surface area contributed by atoms with Crippen LogP contribution in [-0.4, -0.2) is 37.9 Å². The zero-order valence-corrected chi connectivity index (χ0v) is 15.5. The van der Waals surface area contributed by atoms with Gasteiger partial charge in [0.2, 0.25) is 17.7 Å². The number of carbonyl (C=O) groups excluding carboxylic acids is 3. The Hall–Kier alpha value is -2.57. The van der Waals surface area contributed by atoms with Gasteiger partial charge in [0.15, 0.2) is 0 Å². The van der Waals surface area contributed by atoms with Crippen LogP contribution >= 0.6 is 0 Å². The fourth-order valence-corrected chi connectivity index (χ4v) is 2.96. The van der Waals surface area contributed by atoms with E-state index in [2.05, 4.69) is 10.6 Å². The van der Waals surface area contributed by atoms with Crippen LogP contribution in [0.2, 0.25) is 0 Å². The minimum Gasteiger partial charge on any atom is -0.494 e. The number of anilines is 2. The molecule has 0 spiro atoms. The smallest absolute Gasteiger partial charge is 0.227 e. The van der Waals surface area contributed by atoms with E-state index in [0.29, 0.717) is 37.4 Å². The highest BCUT2D eigenvalue weighted by atomic mass is 16.5. The largest absolute Gasteiger partial charge is 0.494 e. The molecule has 7 heteroatoms. The second-order valence-corrected chi connectivity index (χ2v) is 6.38. The van der Waals surface area contributed by atoms with Gasteiger partial charge in [-0.1, -0.05) is 6.42 Å². The second-order valence-electron chi connectivity index (χ2n) is 6.38. The number of nitrogens with one attached hydrogen (secondary N) is 2. The van der Waals surface area contributed by atoms with Crippen LogP contribution in [0.25, 0.3) is 0 Å². The normalized spacial score (nSPS) is 13.6. The zero-order chi connectivity index (χ0) is 18.9. The molecule has 0 saturated carbocycles. The topological polar surface area (TPSA) is 87.7 Å². The monoisotopic (exact) mass is 361 g/mol. The average molecular weight is 361 g/mol. The maximum Gasteiger partial charge on any atom is 0.227 e. The molecule has 2 rings (SSSR count). The van der Waals surface area contributed by atoms with Crippen molar-refractivity contribution in [3.63, 3.8) is 0 Å². The Morgan fingerprint density at radius 3 is 2.69 bits per heavy atom. The van der Waals surface area contributed by atoms with Crippen LogP contribution in [0.3, 0.4) is 0 Å². The van der Waals surface area contributed by atoms with E-state index < -0.39 is 0 Å². The molecule has 1 fully saturated rings. The highest BCUT2D eigenvalue weighted by Gasteiger charge is 2.24. The van der Waals surface area contributed by atoms with Gasteiger partial charge in [0, 0.05) is 44.6 Å². The number of amides is 3. The summed E-state index contributed by atoms with van der Waals surface area (Å²) in [6.45, 7) is 2.83. The van der Waals surface area contributed by atoms with Crippen LogP contribution in [0.4, 0.5) is 11.4 Å². The van der Waals surface area contributed by atoms with Crippen LogP contribution < -0.4 is 20.3 Å². The van der Waals surface area contributed by atoms with Crippen molar-refractivity contribution in [2.45, 2.75) is 45.4 Å². The third-order valence-electron chi connectivity index (χ3n) is 4.28. The molecule has 1 aliphatic rings. The predicted molar refractivity (Wildman–Crippen MR) is 100 cm³/mol. The first-order valence-corrected chi connectivity index (χ1v) is 9.04. The Morgan fingerprint density at radius 2 is 2.04 bits per heavy atom. The molecule has 1 aromatic rings. The Balaban J connectivity index is 1.82. The van der Waals surface area contributed by atoms with Crippen molar-refractivity contribution in [2.24, 2.45) is 0 Å². The van der Waals surface area contributed by atoms with Gasteiger partial charge in [0.25, 0.3) is 0 Å². The summed E-state index contributed by atoms with van der Waals surface area (Å²) < 4.78 is 5.39. The molecule has 1 heterocycles. The molecular formula is C19H27N3O4. The van der Waals surface area contributed by atoms with E-state index in [9.17, 15) is 14.4 Å². The SMILES string of the molecule is COc1cc(NC(=O)CCCCCNC(C)=O)ccc1N1CCCC1=O. The molecule has 0 bridgehead atoms. The van der Waals surface area contributed by atoms with Gasteiger partial charge in [-0.25, -0.2) is 0 Å². The molecule has 1 aliphatic heterocycles. The molecule has 3 amide bonds. The lowest BCUT2D eigenvalue weighted by atomic mass is 10.1. The van der Waals surface area contributed by atoms with Gasteiger partial charge in [-0.2, -0.15) is 0 Å². The quantitative estimate of drug-likeness (QED) is 0.662. The van der Waals surface area contributed by atoms with Gasteiger partial charge in [-0.3, -0.25) is 14.4 Å². The Bertz CT molecular complexity index is 660. The number of unbranched alkanes of at least 4 members (excludes halogenated alkanes) is 2. The van der Waals surface area contributed by atoms with Crippen molar-refractivity contribution in [3.8, 4) is 5.75 Å². The Morgan fingerprint density at radius 1 is 1.23 bits per heavy atom. The average Bonchev–Trinajstić information content (AvgIpc) is 3.03. The van der Waals surface area contributed by atoms with E-state index in [1.165, 1.54) is 6.92 Å². The van der Waals surface area contributed by atoms with E-state index in [-0.39, 0.29) is 17.7 Å². The summed E-state index contributed by atoms with van der Waals surface area (Å²) in [5.74, 6) is 0.583. The van der Waals surface area contributed by atoms with E-state index in [0.717, 1.165) is 31.4 Å². The summed E-state index contributed by atoms with van der Waals surface area (Å²) in [5.41, 5.74) is 1.39. The molecule has 26 heavy (non-hydrogen) atoms. The van der Waals surface area contributed by atoms with E-state index in [1.54, 1.807) is 24.1 Å². The number of hydrogen-bond donors (Lipinski definition) is 2. The summed E-state index contributed by atoms with van der Waals surface area (Å²) in [7, 11) is 1.56. The number of nitrogens with zero attached hydrogens (tertiary/aromatic N) is 1. The van der Waals surface area contributed by atoms with Gasteiger partial charge < -0.3 is 20.3 Å². The van der Waals surface area contributed by atoms with Crippen LogP contribution in [-0.2, 0) is 14.4 Å². The molecule has 0 atom stereocenters. The number of hydrogen-bond acceptors (Lipinski definition) is 4. The maximum atomic E-state index is 12.1. The number of ether oxygens (including phenoxy) is 1. The van der Waals surface area contributed by atoms with Crippen LogP contribution in [0.5, 0.6) is 5.75 Å². The fraction of sp³-hybridized carbons (Fsp3) is 0.526. The van der Waals surface area contributed by atoms with Gasteiger partial charge in [0.1, 0.15) is 5.75 Å². The summed E-state index contributed by atoms with van der Waals surface area (Å²) in [5, 5.41) is 5.60. The van der Waals surface area contributed by atoms with Crippen molar-refractivity contribution >= 4 is 29.1 Å². The Kier molecular flexibility index (Phi) is 7.44. The molecule has 2 N–H and O–H groups in total. The van der Waals surface area contributed by atoms with Crippen molar-refractivity contribution < 1.29 is 19.1 Å². The Labute approximate surface area is 154 Å². The minimum absolute atomic E-state index is 0.0317. The van der Waals surface area contributed by atoms with Crippen molar-refractivity contribution in [3.05, 3.63) is 18.2 Å². The maximum absolute atomic E-state index is 12.1. The molecule has 0 aliphatic carbocycles. The molecule has 142 valence electrons. The van der Waals surface area contributed by atoms with Crippen molar-refractivity contribution in [1.82, 2.24) is 5.32 Å². The predicted octanol–water partition coefficient (Wildman–Crippen LogP) is 2.46. The summed E-state index contributed by atoms with van der Waals surface area (Å²) in [6.07, 6.45) is 4.34. The highest BCUT2D eigenvalue weighted by molar-refractivity contribution is 5.97. The summed E-state index contributed by atoms with van der Waals surface area (Å²) in [4.78, 5) is 36.5. The second kappa shape index (κ2) is 9.79. The van der Waals surface area contributed by atoms with E-state index >= 15 is 0 Å². The van der Waals surface area contributed by atoms with Gasteiger partial charge in [-0.05, 0) is 31.4 Å². The molecule has 0 aromatic heterocycles. The number of methoxy groups -OCH3 is 1. The third kappa shape index (κ3) is 5.75. The lowest BCUT2D eigenvalue weighted by Crippen LogP contribution is -2.24. The molecular weight excluding hydrogens is 334 g/mol. The lowest BCUT2D eigenvalue weighted by molar-refractivity contribution is -0.119. The minimum atomic E-state index is -0.0587. The van der Waals surface area contributed by atoms with Crippen LogP contribution in [0.15, 0.2) is 18.2 Å². The third-order valence-corrected chi connectivity index (χ3v) is 4.28. The number of benzene rings is 1. The fourth-order valence-electron chi connectivity index (χ4n) is 2.96.